The number of amides is 1. The molecule has 0 atom stereocenters. The predicted molar refractivity (Wildman–Crippen MR) is 116 cm³/mol. The maximum atomic E-state index is 12.8. The number of sulfonamides is 1. The Kier molecular flexibility index (Phi) is 7.64. The fourth-order valence-corrected chi connectivity index (χ4v) is 4.82. The summed E-state index contributed by atoms with van der Waals surface area (Å²) in [5, 5.41) is 2.61. The molecule has 1 fully saturated rings. The summed E-state index contributed by atoms with van der Waals surface area (Å²) in [5.74, 6) is -0.619. The number of hydrogen-bond donors (Lipinski definition) is 1. The topological polar surface area (TPSA) is 102 Å². The van der Waals surface area contributed by atoms with Crippen LogP contribution in [-0.4, -0.2) is 51.4 Å². The van der Waals surface area contributed by atoms with Crippen molar-refractivity contribution in [1.82, 2.24) is 4.31 Å². The molecule has 0 aliphatic carbocycles. The highest BCUT2D eigenvalue weighted by atomic mass is 32.2. The van der Waals surface area contributed by atoms with E-state index in [1.165, 1.54) is 35.7 Å². The summed E-state index contributed by atoms with van der Waals surface area (Å²) in [6.07, 6.45) is 3.76. The Morgan fingerprint density at radius 1 is 1.00 bits per heavy atom. The standard InChI is InChI=1S/C22H26N2O6S/c1-29-19-8-6-7-18(15-19)23-21(25)16-30-22(26)17-9-11-20(12-10-17)31(27,28)24-13-4-2-3-5-14-24/h6-12,15H,2-5,13-14,16H2,1H3,(H,23,25). The largest absolute Gasteiger partial charge is 0.497 e. The molecule has 9 heteroatoms. The minimum Gasteiger partial charge on any atom is -0.497 e. The number of methoxy groups -OCH3 is 1. The molecular weight excluding hydrogens is 420 g/mol. The van der Waals surface area contributed by atoms with Crippen LogP contribution in [-0.2, 0) is 19.6 Å². The average Bonchev–Trinajstić information content (AvgIpc) is 3.08. The molecular formula is C22H26N2O6S. The van der Waals surface area contributed by atoms with Crippen LogP contribution in [0.4, 0.5) is 5.69 Å². The van der Waals surface area contributed by atoms with Crippen molar-refractivity contribution >= 4 is 27.6 Å². The van der Waals surface area contributed by atoms with Gasteiger partial charge in [-0.15, -0.1) is 0 Å². The summed E-state index contributed by atoms with van der Waals surface area (Å²) in [5.41, 5.74) is 0.687. The zero-order chi connectivity index (χ0) is 22.3. The van der Waals surface area contributed by atoms with Gasteiger partial charge in [0.1, 0.15) is 5.75 Å². The molecule has 8 nitrogen and oxygen atoms in total. The number of benzene rings is 2. The van der Waals surface area contributed by atoms with E-state index in [4.69, 9.17) is 9.47 Å². The molecule has 0 spiro atoms. The first-order valence-corrected chi connectivity index (χ1v) is 11.6. The fraction of sp³-hybridized carbons (Fsp3) is 0.364. The number of nitrogens with zero attached hydrogens (tertiary/aromatic N) is 1. The minimum atomic E-state index is -3.59. The van der Waals surface area contributed by atoms with Gasteiger partial charge in [-0.2, -0.15) is 4.31 Å². The molecule has 0 saturated carbocycles. The Hall–Kier alpha value is -2.91. The van der Waals surface area contributed by atoms with E-state index >= 15 is 0 Å². The molecule has 0 radical (unpaired) electrons. The minimum absolute atomic E-state index is 0.140. The van der Waals surface area contributed by atoms with Gasteiger partial charge in [0.25, 0.3) is 5.91 Å². The van der Waals surface area contributed by atoms with E-state index in [0.29, 0.717) is 24.5 Å². The summed E-state index contributed by atoms with van der Waals surface area (Å²) in [4.78, 5) is 24.4. The summed E-state index contributed by atoms with van der Waals surface area (Å²) in [6, 6.07) is 12.4. The van der Waals surface area contributed by atoms with Gasteiger partial charge in [-0.05, 0) is 49.2 Å². The third-order valence-electron chi connectivity index (χ3n) is 4.98. The maximum absolute atomic E-state index is 12.8. The van der Waals surface area contributed by atoms with Gasteiger partial charge in [0.2, 0.25) is 10.0 Å². The van der Waals surface area contributed by atoms with Gasteiger partial charge in [-0.25, -0.2) is 13.2 Å². The first-order chi connectivity index (χ1) is 14.9. The zero-order valence-corrected chi connectivity index (χ0v) is 18.2. The summed E-state index contributed by atoms with van der Waals surface area (Å²) in [7, 11) is -2.07. The quantitative estimate of drug-likeness (QED) is 0.656. The SMILES string of the molecule is COc1cccc(NC(=O)COC(=O)c2ccc(S(=O)(=O)N3CCCCCC3)cc2)c1. The number of nitrogens with one attached hydrogen (secondary N) is 1. The van der Waals surface area contributed by atoms with Crippen molar-refractivity contribution in [1.29, 1.82) is 0 Å². The van der Waals surface area contributed by atoms with Crippen molar-refractivity contribution in [2.24, 2.45) is 0 Å². The molecule has 0 bridgehead atoms. The van der Waals surface area contributed by atoms with Crippen molar-refractivity contribution < 1.29 is 27.5 Å². The van der Waals surface area contributed by atoms with Gasteiger partial charge in [0.15, 0.2) is 6.61 Å². The molecule has 0 unspecified atom stereocenters. The summed E-state index contributed by atoms with van der Waals surface area (Å²) in [6.45, 7) is 0.549. The molecule has 1 heterocycles. The average molecular weight is 447 g/mol. The maximum Gasteiger partial charge on any atom is 0.338 e. The van der Waals surface area contributed by atoms with E-state index in [2.05, 4.69) is 5.32 Å². The van der Waals surface area contributed by atoms with Crippen LogP contribution in [0.3, 0.4) is 0 Å². The Morgan fingerprint density at radius 2 is 1.68 bits per heavy atom. The molecule has 1 aliphatic heterocycles. The third kappa shape index (κ3) is 6.05. The van der Waals surface area contributed by atoms with Gasteiger partial charge in [-0.3, -0.25) is 4.79 Å². The van der Waals surface area contributed by atoms with Gasteiger partial charge in [0.05, 0.1) is 17.6 Å². The second-order valence-electron chi connectivity index (χ2n) is 7.20. The monoisotopic (exact) mass is 446 g/mol. The highest BCUT2D eigenvalue weighted by Crippen LogP contribution is 2.21. The molecule has 166 valence electrons. The molecule has 1 saturated heterocycles. The number of anilines is 1. The second-order valence-corrected chi connectivity index (χ2v) is 9.14. The van der Waals surface area contributed by atoms with Crippen LogP contribution in [0.25, 0.3) is 0 Å². The first kappa shape index (κ1) is 22.8. The van der Waals surface area contributed by atoms with E-state index in [1.54, 1.807) is 24.3 Å². The Bertz CT molecular complexity index is 1010. The lowest BCUT2D eigenvalue weighted by molar-refractivity contribution is -0.119. The molecule has 1 aliphatic rings. The molecule has 1 N–H and O–H groups in total. The second kappa shape index (κ2) is 10.4. The number of esters is 1. The van der Waals surface area contributed by atoms with Gasteiger partial charge >= 0.3 is 5.97 Å². The Morgan fingerprint density at radius 3 is 2.32 bits per heavy atom. The lowest BCUT2D eigenvalue weighted by atomic mass is 10.2. The normalized spacial score (nSPS) is 15.0. The van der Waals surface area contributed by atoms with Crippen molar-refractivity contribution in [2.45, 2.75) is 30.6 Å². The van der Waals surface area contributed by atoms with Crippen LogP contribution in [0.5, 0.6) is 5.75 Å². The molecule has 31 heavy (non-hydrogen) atoms. The number of carbonyl (C=O) groups excluding carboxylic acids is 2. The van der Waals surface area contributed by atoms with E-state index in [-0.39, 0.29) is 10.5 Å². The van der Waals surface area contributed by atoms with Crippen molar-refractivity contribution in [3.05, 3.63) is 54.1 Å². The third-order valence-corrected chi connectivity index (χ3v) is 6.89. The molecule has 2 aromatic rings. The van der Waals surface area contributed by atoms with Gasteiger partial charge < -0.3 is 14.8 Å². The van der Waals surface area contributed by atoms with Crippen LogP contribution in [0.1, 0.15) is 36.0 Å². The van der Waals surface area contributed by atoms with Gasteiger partial charge in [0, 0.05) is 24.8 Å². The molecule has 0 aromatic heterocycles. The highest BCUT2D eigenvalue weighted by molar-refractivity contribution is 7.89. The number of rotatable bonds is 7. The zero-order valence-electron chi connectivity index (χ0n) is 17.4. The van der Waals surface area contributed by atoms with Gasteiger partial charge in [-0.1, -0.05) is 18.9 Å². The Labute approximate surface area is 182 Å². The fourth-order valence-electron chi connectivity index (χ4n) is 3.31. The van der Waals surface area contributed by atoms with E-state index < -0.39 is 28.5 Å². The number of hydrogen-bond acceptors (Lipinski definition) is 6. The lowest BCUT2D eigenvalue weighted by Crippen LogP contribution is -2.31. The van der Waals surface area contributed by atoms with E-state index in [9.17, 15) is 18.0 Å². The van der Waals surface area contributed by atoms with Crippen LogP contribution in [0.15, 0.2) is 53.4 Å². The first-order valence-electron chi connectivity index (χ1n) is 10.1. The molecule has 1 amide bonds. The van der Waals surface area contributed by atoms with Crippen LogP contribution < -0.4 is 10.1 Å². The predicted octanol–water partition coefficient (Wildman–Crippen LogP) is 3.06. The van der Waals surface area contributed by atoms with Crippen molar-refractivity contribution in [3.8, 4) is 5.75 Å². The van der Waals surface area contributed by atoms with Crippen LogP contribution in [0, 0.1) is 0 Å². The van der Waals surface area contributed by atoms with E-state index in [1.807, 2.05) is 0 Å². The molecule has 3 rings (SSSR count). The number of ether oxygens (including phenoxy) is 2. The van der Waals surface area contributed by atoms with Crippen LogP contribution in [0.2, 0.25) is 0 Å². The van der Waals surface area contributed by atoms with E-state index in [0.717, 1.165) is 25.7 Å². The van der Waals surface area contributed by atoms with Crippen molar-refractivity contribution in [2.75, 3.05) is 32.1 Å². The smallest absolute Gasteiger partial charge is 0.338 e. The molecule has 2 aromatic carbocycles. The Balaban J connectivity index is 1.56. The summed E-state index contributed by atoms with van der Waals surface area (Å²) >= 11 is 0. The highest BCUT2D eigenvalue weighted by Gasteiger charge is 2.25. The number of carbonyl (C=O) groups is 2. The lowest BCUT2D eigenvalue weighted by Gasteiger charge is -2.19. The summed E-state index contributed by atoms with van der Waals surface area (Å²) < 4.78 is 37.2. The van der Waals surface area contributed by atoms with Crippen molar-refractivity contribution in [3.63, 3.8) is 0 Å². The van der Waals surface area contributed by atoms with Crippen LogP contribution >= 0.6 is 0 Å².